The molecule has 0 amide bonds. The summed E-state index contributed by atoms with van der Waals surface area (Å²) in [4.78, 5) is 16.3. The molecule has 3 heterocycles. The van der Waals surface area contributed by atoms with E-state index in [0.717, 1.165) is 25.0 Å². The predicted molar refractivity (Wildman–Crippen MR) is 87.8 cm³/mol. The van der Waals surface area contributed by atoms with Crippen LogP contribution in [0.4, 0.5) is 0 Å². The highest BCUT2D eigenvalue weighted by molar-refractivity contribution is 5.91. The van der Waals surface area contributed by atoms with Crippen LogP contribution in [0, 0.1) is 0 Å². The van der Waals surface area contributed by atoms with Crippen molar-refractivity contribution in [3.05, 3.63) is 29.7 Å². The Labute approximate surface area is 140 Å². The Hall–Kier alpha value is -2.08. The van der Waals surface area contributed by atoms with Crippen LogP contribution >= 0.6 is 0 Å². The van der Waals surface area contributed by atoms with Gasteiger partial charge in [-0.2, -0.15) is 0 Å². The molecule has 2 aliphatic rings. The van der Waals surface area contributed by atoms with Crippen LogP contribution < -0.4 is 4.74 Å². The summed E-state index contributed by atoms with van der Waals surface area (Å²) in [7, 11) is 0. The Kier molecular flexibility index (Phi) is 3.19. The number of ether oxygens (including phenoxy) is 2. The molecular formula is C18H22N2O4. The first-order chi connectivity index (χ1) is 11.3. The zero-order valence-corrected chi connectivity index (χ0v) is 14.2. The number of nitrogens with zero attached hydrogens (tertiary/aromatic N) is 2. The molecule has 4 rings (SSSR count). The normalized spacial score (nSPS) is 28.8. The van der Waals surface area contributed by atoms with Crippen molar-refractivity contribution in [1.29, 1.82) is 0 Å². The van der Waals surface area contributed by atoms with E-state index in [0.29, 0.717) is 18.0 Å². The molecule has 0 spiro atoms. The Morgan fingerprint density at radius 1 is 1.42 bits per heavy atom. The van der Waals surface area contributed by atoms with Crippen LogP contribution in [0.25, 0.3) is 5.65 Å². The van der Waals surface area contributed by atoms with E-state index in [1.165, 1.54) is 0 Å². The Balaban J connectivity index is 1.80. The van der Waals surface area contributed by atoms with Gasteiger partial charge < -0.3 is 19.0 Å². The first-order valence-electron chi connectivity index (χ1n) is 8.37. The fourth-order valence-corrected chi connectivity index (χ4v) is 4.03. The molecule has 0 aromatic carbocycles. The smallest absolute Gasteiger partial charge is 0.341 e. The summed E-state index contributed by atoms with van der Waals surface area (Å²) < 4.78 is 13.4. The van der Waals surface area contributed by atoms with E-state index in [1.54, 1.807) is 16.7 Å². The molecule has 2 aromatic rings. The van der Waals surface area contributed by atoms with Crippen LogP contribution in [-0.2, 0) is 10.2 Å². The monoisotopic (exact) mass is 330 g/mol. The van der Waals surface area contributed by atoms with E-state index in [2.05, 4.69) is 6.92 Å². The third-order valence-electron chi connectivity index (χ3n) is 5.23. The number of aromatic nitrogens is 2. The number of fused-ring (bicyclic) bond motifs is 3. The fraction of sp³-hybridized carbons (Fsp3) is 0.556. The summed E-state index contributed by atoms with van der Waals surface area (Å²) in [5, 5.41) is 9.46. The number of rotatable bonds is 4. The quantitative estimate of drug-likeness (QED) is 0.933. The number of carbonyl (C=O) groups is 1. The van der Waals surface area contributed by atoms with Crippen LogP contribution in [0.15, 0.2) is 18.5 Å². The maximum absolute atomic E-state index is 11.5. The van der Waals surface area contributed by atoms with E-state index >= 15 is 0 Å². The van der Waals surface area contributed by atoms with Crippen molar-refractivity contribution < 1.29 is 19.4 Å². The van der Waals surface area contributed by atoms with Crippen LogP contribution in [0.2, 0.25) is 0 Å². The van der Waals surface area contributed by atoms with Crippen molar-refractivity contribution in [3.8, 4) is 5.75 Å². The van der Waals surface area contributed by atoms with Gasteiger partial charge in [-0.25, -0.2) is 9.78 Å². The van der Waals surface area contributed by atoms with Crippen molar-refractivity contribution in [2.75, 3.05) is 6.61 Å². The molecule has 2 fully saturated rings. The minimum atomic E-state index is -1.00. The molecule has 1 N–H and O–H groups in total. The van der Waals surface area contributed by atoms with E-state index < -0.39 is 5.97 Å². The molecule has 2 bridgehead atoms. The number of carboxylic acids is 1. The molecule has 2 aromatic heterocycles. The summed E-state index contributed by atoms with van der Waals surface area (Å²) in [5.74, 6) is -0.641. The second-order valence-corrected chi connectivity index (χ2v) is 7.61. The van der Waals surface area contributed by atoms with E-state index in [4.69, 9.17) is 14.5 Å². The molecule has 1 aliphatic heterocycles. The van der Waals surface area contributed by atoms with Crippen LogP contribution in [0.5, 0.6) is 5.75 Å². The summed E-state index contributed by atoms with van der Waals surface area (Å²) in [6, 6.07) is 1.72. The zero-order chi connectivity index (χ0) is 17.1. The fourth-order valence-electron chi connectivity index (χ4n) is 4.03. The predicted octanol–water partition coefficient (Wildman–Crippen LogP) is 3.03. The molecule has 0 radical (unpaired) electrons. The first kappa shape index (κ1) is 15.4. The van der Waals surface area contributed by atoms with Gasteiger partial charge in [0.25, 0.3) is 0 Å². The highest BCUT2D eigenvalue weighted by Gasteiger charge is 2.55. The molecular weight excluding hydrogens is 308 g/mol. The first-order valence-corrected chi connectivity index (χ1v) is 8.37. The third kappa shape index (κ3) is 2.28. The van der Waals surface area contributed by atoms with Crippen molar-refractivity contribution >= 4 is 11.6 Å². The van der Waals surface area contributed by atoms with Gasteiger partial charge >= 0.3 is 5.97 Å². The van der Waals surface area contributed by atoms with Gasteiger partial charge in [0.05, 0.1) is 24.0 Å². The second-order valence-electron chi connectivity index (χ2n) is 7.61. The van der Waals surface area contributed by atoms with E-state index in [-0.39, 0.29) is 22.7 Å². The van der Waals surface area contributed by atoms with Gasteiger partial charge in [-0.15, -0.1) is 0 Å². The second kappa shape index (κ2) is 4.96. The van der Waals surface area contributed by atoms with Crippen molar-refractivity contribution in [2.45, 2.75) is 57.2 Å². The Bertz CT molecular complexity index is 816. The maximum atomic E-state index is 11.5. The number of hydrogen-bond acceptors (Lipinski definition) is 4. The van der Waals surface area contributed by atoms with Gasteiger partial charge in [-0.3, -0.25) is 0 Å². The lowest BCUT2D eigenvalue weighted by Gasteiger charge is -2.24. The van der Waals surface area contributed by atoms with Crippen molar-refractivity contribution in [2.24, 2.45) is 0 Å². The molecule has 6 heteroatoms. The molecule has 1 saturated heterocycles. The topological polar surface area (TPSA) is 73.1 Å². The number of aromatic carboxylic acids is 1. The number of pyridine rings is 1. The standard InChI is InChI=1S/C18H22N2O4/c1-11(2)24-13-6-15-19-14(8-20(15)7-12(13)16(21)22)18-5-4-17(3,9-18)23-10-18/h6-8,11H,4-5,9-10H2,1-3H3,(H,21,22)/t17-,18-/m1/s1. The number of hydrogen-bond donors (Lipinski definition) is 1. The summed E-state index contributed by atoms with van der Waals surface area (Å²) in [5.41, 5.74) is 1.77. The van der Waals surface area contributed by atoms with E-state index in [9.17, 15) is 9.90 Å². The largest absolute Gasteiger partial charge is 0.490 e. The van der Waals surface area contributed by atoms with Crippen molar-refractivity contribution in [3.63, 3.8) is 0 Å². The molecule has 0 unspecified atom stereocenters. The van der Waals surface area contributed by atoms with Crippen LogP contribution in [-0.4, -0.2) is 38.8 Å². The van der Waals surface area contributed by atoms with Gasteiger partial charge in [0.1, 0.15) is 17.0 Å². The highest BCUT2D eigenvalue weighted by Crippen LogP contribution is 2.53. The van der Waals surface area contributed by atoms with Gasteiger partial charge in [-0.05, 0) is 40.0 Å². The van der Waals surface area contributed by atoms with Crippen LogP contribution in [0.1, 0.15) is 56.1 Å². The maximum Gasteiger partial charge on any atom is 0.341 e. The van der Waals surface area contributed by atoms with Gasteiger partial charge in [0.2, 0.25) is 0 Å². The molecule has 6 nitrogen and oxygen atoms in total. The highest BCUT2D eigenvalue weighted by atomic mass is 16.5. The minimum Gasteiger partial charge on any atom is -0.490 e. The summed E-state index contributed by atoms with van der Waals surface area (Å²) in [6.45, 7) is 6.60. The lowest BCUT2D eigenvalue weighted by atomic mass is 9.84. The Morgan fingerprint density at radius 2 is 2.21 bits per heavy atom. The summed E-state index contributed by atoms with van der Waals surface area (Å²) >= 11 is 0. The SMILES string of the molecule is CC(C)Oc1cc2nc([C@]34CC[C@](C)(C3)OC4)cn2cc1C(=O)O. The number of carboxylic acid groups (broad SMARTS) is 1. The molecule has 24 heavy (non-hydrogen) atoms. The van der Waals surface area contributed by atoms with Gasteiger partial charge in [-0.1, -0.05) is 0 Å². The van der Waals surface area contributed by atoms with Gasteiger partial charge in [0.15, 0.2) is 0 Å². The molecule has 2 atom stereocenters. The molecule has 1 aliphatic carbocycles. The average molecular weight is 330 g/mol. The zero-order valence-electron chi connectivity index (χ0n) is 14.2. The third-order valence-corrected chi connectivity index (χ3v) is 5.23. The summed E-state index contributed by atoms with van der Waals surface area (Å²) in [6.07, 6.45) is 6.52. The number of imidazole rings is 1. The van der Waals surface area contributed by atoms with Gasteiger partial charge in [0, 0.05) is 23.9 Å². The molecule has 1 saturated carbocycles. The van der Waals surface area contributed by atoms with E-state index in [1.807, 2.05) is 20.0 Å². The lowest BCUT2D eigenvalue weighted by Crippen LogP contribution is -2.26. The molecule has 128 valence electrons. The average Bonchev–Trinajstić information content (AvgIpc) is 3.15. The lowest BCUT2D eigenvalue weighted by molar-refractivity contribution is -0.00627. The van der Waals surface area contributed by atoms with Crippen molar-refractivity contribution in [1.82, 2.24) is 9.38 Å². The minimum absolute atomic E-state index is 0.0338. The van der Waals surface area contributed by atoms with Crippen LogP contribution in [0.3, 0.4) is 0 Å². The Morgan fingerprint density at radius 3 is 2.75 bits per heavy atom.